The summed E-state index contributed by atoms with van der Waals surface area (Å²) in [6.45, 7) is 4.16. The summed E-state index contributed by atoms with van der Waals surface area (Å²) in [6, 6.07) is 1.94. The molecule has 9 nitrogen and oxygen atoms in total. The summed E-state index contributed by atoms with van der Waals surface area (Å²) in [5, 5.41) is 29.4. The molecule has 2 aromatic heterocycles. The van der Waals surface area contributed by atoms with Crippen molar-refractivity contribution >= 4 is 29.3 Å². The molecule has 29 heavy (non-hydrogen) atoms. The van der Waals surface area contributed by atoms with E-state index in [9.17, 15) is 15.0 Å². The number of aliphatic hydroxyl groups excluding tert-OH is 1. The number of rotatable bonds is 12. The van der Waals surface area contributed by atoms with Gasteiger partial charge in [0, 0.05) is 26.1 Å². The average molecular weight is 425 g/mol. The number of nitrogens with zero attached hydrogens (tertiary/aromatic N) is 4. The Morgan fingerprint density at radius 1 is 1.31 bits per heavy atom. The van der Waals surface area contributed by atoms with Crippen molar-refractivity contribution in [2.45, 2.75) is 64.4 Å². The van der Waals surface area contributed by atoms with Crippen molar-refractivity contribution in [1.29, 1.82) is 0 Å². The zero-order chi connectivity index (χ0) is 21.2. The Balaban J connectivity index is 1.84. The zero-order valence-corrected chi connectivity index (χ0v) is 17.6. The van der Waals surface area contributed by atoms with Crippen LogP contribution in [0, 0.1) is 6.92 Å². The van der Waals surface area contributed by atoms with Crippen LogP contribution in [0.3, 0.4) is 0 Å². The molecule has 0 bridgehead atoms. The first kappa shape index (κ1) is 22.9. The molecule has 0 radical (unpaired) electrons. The van der Waals surface area contributed by atoms with Crippen LogP contribution < -0.4 is 10.6 Å². The third-order valence-electron chi connectivity index (χ3n) is 4.42. The van der Waals surface area contributed by atoms with Gasteiger partial charge in [0.05, 0.1) is 23.5 Å². The molecule has 1 amide bonds. The van der Waals surface area contributed by atoms with E-state index < -0.39 is 0 Å². The maximum absolute atomic E-state index is 11.2. The van der Waals surface area contributed by atoms with Gasteiger partial charge in [-0.15, -0.1) is 11.6 Å². The Labute approximate surface area is 175 Å². The van der Waals surface area contributed by atoms with Gasteiger partial charge >= 0.3 is 0 Å². The smallest absolute Gasteiger partial charge is 0.231 e. The second kappa shape index (κ2) is 11.6. The van der Waals surface area contributed by atoms with E-state index in [1.807, 2.05) is 17.7 Å². The summed E-state index contributed by atoms with van der Waals surface area (Å²) in [4.78, 5) is 19.2. The van der Waals surface area contributed by atoms with Crippen LogP contribution in [0.25, 0.3) is 0 Å². The molecule has 0 spiro atoms. The van der Waals surface area contributed by atoms with E-state index >= 15 is 0 Å². The van der Waals surface area contributed by atoms with Crippen LogP contribution in [0.15, 0.2) is 12.3 Å². The lowest BCUT2D eigenvalue weighted by Gasteiger charge is -2.19. The SMILES string of the molecule is CC(=O)Nc1ncc(O)c(N[C@H](CCO)CCCCCn2nc(C)cc2CCl)n1. The average Bonchev–Trinajstić information content (AvgIpc) is 3.03. The number of aryl methyl sites for hydroxylation is 2. The summed E-state index contributed by atoms with van der Waals surface area (Å²) in [5.41, 5.74) is 1.99. The van der Waals surface area contributed by atoms with Crippen molar-refractivity contribution in [2.75, 3.05) is 17.2 Å². The number of nitrogens with one attached hydrogen (secondary N) is 2. The minimum Gasteiger partial charge on any atom is -0.503 e. The van der Waals surface area contributed by atoms with Gasteiger partial charge in [0.2, 0.25) is 11.9 Å². The van der Waals surface area contributed by atoms with Crippen LogP contribution in [0.1, 0.15) is 50.4 Å². The Hall–Kier alpha value is -2.39. The van der Waals surface area contributed by atoms with Crippen molar-refractivity contribution in [3.63, 3.8) is 0 Å². The molecule has 0 unspecified atom stereocenters. The molecule has 0 aromatic carbocycles. The number of carbonyl (C=O) groups excluding carboxylic acids is 1. The molecule has 0 aliphatic rings. The first-order valence-corrected chi connectivity index (χ1v) is 10.3. The van der Waals surface area contributed by atoms with E-state index in [2.05, 4.69) is 25.7 Å². The molecule has 0 fully saturated rings. The number of carbonyl (C=O) groups is 1. The molecular formula is C19H29ClN6O3. The number of anilines is 2. The van der Waals surface area contributed by atoms with E-state index in [-0.39, 0.29) is 36.1 Å². The molecule has 2 rings (SSSR count). The minimum atomic E-state index is -0.293. The van der Waals surface area contributed by atoms with Gasteiger partial charge in [-0.25, -0.2) is 4.98 Å². The number of alkyl halides is 1. The van der Waals surface area contributed by atoms with E-state index in [0.29, 0.717) is 12.3 Å². The summed E-state index contributed by atoms with van der Waals surface area (Å²) in [6.07, 6.45) is 5.47. The molecule has 2 heterocycles. The van der Waals surface area contributed by atoms with Crippen molar-refractivity contribution in [3.05, 3.63) is 23.7 Å². The molecule has 0 saturated carbocycles. The van der Waals surface area contributed by atoms with Gasteiger partial charge in [-0.05, 0) is 32.3 Å². The number of hydrogen-bond acceptors (Lipinski definition) is 7. The van der Waals surface area contributed by atoms with Gasteiger partial charge in [-0.1, -0.05) is 12.8 Å². The Morgan fingerprint density at radius 3 is 2.79 bits per heavy atom. The molecule has 0 aliphatic heterocycles. The normalized spacial score (nSPS) is 12.0. The van der Waals surface area contributed by atoms with E-state index in [0.717, 1.165) is 43.6 Å². The number of aliphatic hydroxyl groups is 1. The molecule has 10 heteroatoms. The van der Waals surface area contributed by atoms with Crippen LogP contribution in [0.5, 0.6) is 5.75 Å². The molecular weight excluding hydrogens is 396 g/mol. The highest BCUT2D eigenvalue weighted by Gasteiger charge is 2.13. The lowest BCUT2D eigenvalue weighted by atomic mass is 10.1. The molecule has 0 saturated heterocycles. The highest BCUT2D eigenvalue weighted by molar-refractivity contribution is 6.16. The van der Waals surface area contributed by atoms with E-state index in [1.165, 1.54) is 13.1 Å². The van der Waals surface area contributed by atoms with Crippen LogP contribution in [0.4, 0.5) is 11.8 Å². The zero-order valence-electron chi connectivity index (χ0n) is 16.9. The maximum atomic E-state index is 11.2. The van der Waals surface area contributed by atoms with Crippen LogP contribution >= 0.6 is 11.6 Å². The number of unbranched alkanes of at least 4 members (excludes halogenated alkanes) is 2. The van der Waals surface area contributed by atoms with Crippen molar-refractivity contribution in [2.24, 2.45) is 0 Å². The Kier molecular flexibility index (Phi) is 9.14. The largest absolute Gasteiger partial charge is 0.503 e. The number of hydrogen-bond donors (Lipinski definition) is 4. The highest BCUT2D eigenvalue weighted by Crippen LogP contribution is 2.23. The standard InChI is InChI=1S/C19H29ClN6O3/c1-13-10-16(11-20)26(25-13)8-5-3-4-6-15(7-9-27)23-18-17(29)12-21-19(24-18)22-14(2)28/h10,12,15,27,29H,3-9,11H2,1-2H3,(H2,21,22,23,24,28)/t15-/m0/s1. The van der Waals surface area contributed by atoms with Gasteiger partial charge in [-0.3, -0.25) is 14.8 Å². The van der Waals surface area contributed by atoms with Crippen LogP contribution in [0.2, 0.25) is 0 Å². The quantitative estimate of drug-likeness (QED) is 0.305. The Bertz CT molecular complexity index is 798. The number of aromatic hydroxyl groups is 1. The second-order valence-corrected chi connectivity index (χ2v) is 7.21. The number of halogens is 1. The number of amides is 1. The van der Waals surface area contributed by atoms with Crippen molar-refractivity contribution in [1.82, 2.24) is 19.7 Å². The topological polar surface area (TPSA) is 125 Å². The van der Waals surface area contributed by atoms with Crippen LogP contribution in [-0.4, -0.2) is 48.5 Å². The fraction of sp³-hybridized carbons (Fsp3) is 0.579. The summed E-state index contributed by atoms with van der Waals surface area (Å²) >= 11 is 5.94. The highest BCUT2D eigenvalue weighted by atomic mass is 35.5. The van der Waals surface area contributed by atoms with E-state index in [1.54, 1.807) is 0 Å². The summed E-state index contributed by atoms with van der Waals surface area (Å²) in [7, 11) is 0. The first-order chi connectivity index (χ1) is 13.9. The van der Waals surface area contributed by atoms with Gasteiger partial charge in [-0.2, -0.15) is 10.1 Å². The minimum absolute atomic E-state index is 0.0215. The van der Waals surface area contributed by atoms with Crippen LogP contribution in [-0.2, 0) is 17.2 Å². The van der Waals surface area contributed by atoms with Gasteiger partial charge in [0.1, 0.15) is 0 Å². The second-order valence-electron chi connectivity index (χ2n) is 6.95. The Morgan fingerprint density at radius 2 is 2.10 bits per heavy atom. The predicted molar refractivity (Wildman–Crippen MR) is 112 cm³/mol. The van der Waals surface area contributed by atoms with Crippen molar-refractivity contribution < 1.29 is 15.0 Å². The molecule has 0 aliphatic carbocycles. The van der Waals surface area contributed by atoms with Gasteiger partial charge in [0.15, 0.2) is 11.6 Å². The third kappa shape index (κ3) is 7.51. The van der Waals surface area contributed by atoms with Gasteiger partial charge < -0.3 is 15.5 Å². The van der Waals surface area contributed by atoms with Gasteiger partial charge in [0.25, 0.3) is 0 Å². The first-order valence-electron chi connectivity index (χ1n) is 9.73. The van der Waals surface area contributed by atoms with E-state index in [4.69, 9.17) is 11.6 Å². The predicted octanol–water partition coefficient (Wildman–Crippen LogP) is 2.81. The number of aromatic nitrogens is 4. The third-order valence-corrected chi connectivity index (χ3v) is 4.69. The molecule has 1 atom stereocenters. The molecule has 2 aromatic rings. The fourth-order valence-corrected chi connectivity index (χ4v) is 3.28. The maximum Gasteiger partial charge on any atom is 0.231 e. The summed E-state index contributed by atoms with van der Waals surface area (Å²) in [5.74, 6) is 0.403. The molecule has 160 valence electrons. The summed E-state index contributed by atoms with van der Waals surface area (Å²) < 4.78 is 1.95. The lowest BCUT2D eigenvalue weighted by Crippen LogP contribution is -2.22. The lowest BCUT2D eigenvalue weighted by molar-refractivity contribution is -0.114. The fourth-order valence-electron chi connectivity index (χ4n) is 3.07. The van der Waals surface area contributed by atoms with Crippen molar-refractivity contribution in [3.8, 4) is 5.75 Å². The molecule has 4 N–H and O–H groups in total. The monoisotopic (exact) mass is 424 g/mol.